The molecule has 2 heterocycles. The first-order valence-corrected chi connectivity index (χ1v) is 17.5. The van der Waals surface area contributed by atoms with Crippen LogP contribution in [0.25, 0.3) is 42.0 Å². The van der Waals surface area contributed by atoms with Gasteiger partial charge in [-0.15, -0.1) is 0 Å². The summed E-state index contributed by atoms with van der Waals surface area (Å²) in [6.07, 6.45) is 11.3. The maximum absolute atomic E-state index is 12.6. The fraction of sp³-hybridized carbons (Fsp3) is 0.333. The molecule has 2 aliphatic rings. The van der Waals surface area contributed by atoms with Crippen molar-refractivity contribution in [2.24, 2.45) is 0 Å². The molecule has 4 aromatic carbocycles. The summed E-state index contributed by atoms with van der Waals surface area (Å²) >= 11 is 3.15. The van der Waals surface area contributed by atoms with Crippen LogP contribution in [-0.2, 0) is 35.3 Å². The van der Waals surface area contributed by atoms with Gasteiger partial charge >= 0.3 is 0 Å². The molecule has 0 bridgehead atoms. The molecule has 0 aliphatic heterocycles. The van der Waals surface area contributed by atoms with E-state index in [-0.39, 0.29) is 11.8 Å². The quantitative estimate of drug-likeness (QED) is 0.142. The van der Waals surface area contributed by atoms with E-state index in [0.717, 1.165) is 84.6 Å². The normalized spacial score (nSPS) is 13.5. The molecule has 6 aromatic rings. The second-order valence-corrected chi connectivity index (χ2v) is 14.3. The van der Waals surface area contributed by atoms with Crippen LogP contribution in [0.4, 0.5) is 10.3 Å². The highest BCUT2D eigenvalue weighted by Gasteiger charge is 2.20. The first-order valence-electron chi connectivity index (χ1n) is 15.9. The number of unbranched alkanes of at least 4 members (excludes halogenated alkanes) is 5. The predicted molar refractivity (Wildman–Crippen MR) is 183 cm³/mol. The number of nitrogens with zero attached hydrogens (tertiary/aromatic N) is 2. The van der Waals surface area contributed by atoms with Gasteiger partial charge in [-0.2, -0.15) is 0 Å². The Bertz CT molecular complexity index is 1940. The SMILES string of the molecule is O=C(CCCCCCCCC(=O)Nc1nc2c(cc3c4c(cccc42)CC3)s1)Nc1nc2c(cc3c4c(cccc42)CC3)s1. The lowest BCUT2D eigenvalue weighted by Crippen LogP contribution is -2.11. The molecular formula is C36H34N4O2S2. The zero-order valence-corrected chi connectivity index (χ0v) is 26.3. The van der Waals surface area contributed by atoms with Crippen LogP contribution in [0, 0.1) is 0 Å². The van der Waals surface area contributed by atoms with E-state index in [4.69, 9.17) is 9.97 Å². The number of hydrogen-bond acceptors (Lipinski definition) is 6. The minimum absolute atomic E-state index is 0.0368. The number of aryl methyl sites for hydroxylation is 4. The molecule has 8 heteroatoms. The van der Waals surface area contributed by atoms with Crippen molar-refractivity contribution >= 4 is 86.7 Å². The van der Waals surface area contributed by atoms with Gasteiger partial charge in [-0.3, -0.25) is 9.59 Å². The smallest absolute Gasteiger partial charge is 0.226 e. The Morgan fingerprint density at radius 3 is 1.50 bits per heavy atom. The average molecular weight is 619 g/mol. The Hall–Kier alpha value is -3.88. The van der Waals surface area contributed by atoms with E-state index in [1.807, 2.05) is 0 Å². The lowest BCUT2D eigenvalue weighted by Gasteiger charge is -2.03. The summed E-state index contributed by atoms with van der Waals surface area (Å²) in [7, 11) is 0. The second-order valence-electron chi connectivity index (χ2n) is 12.2. The highest BCUT2D eigenvalue weighted by atomic mass is 32.1. The average Bonchev–Trinajstić information content (AvgIpc) is 3.81. The van der Waals surface area contributed by atoms with Gasteiger partial charge in [0, 0.05) is 23.6 Å². The molecule has 2 amide bonds. The second kappa shape index (κ2) is 11.6. The minimum atomic E-state index is 0.0368. The fourth-order valence-electron chi connectivity index (χ4n) is 7.16. The van der Waals surface area contributed by atoms with Crippen molar-refractivity contribution in [2.75, 3.05) is 10.6 Å². The van der Waals surface area contributed by atoms with Crippen LogP contribution in [-0.4, -0.2) is 21.8 Å². The number of hydrogen-bond donors (Lipinski definition) is 2. The first-order chi connectivity index (χ1) is 21.6. The molecule has 44 heavy (non-hydrogen) atoms. The van der Waals surface area contributed by atoms with Crippen molar-refractivity contribution in [3.8, 4) is 0 Å². The molecule has 2 aromatic heterocycles. The highest BCUT2D eigenvalue weighted by molar-refractivity contribution is 7.22. The molecule has 0 saturated carbocycles. The number of carbonyl (C=O) groups excluding carboxylic acids is 2. The Balaban J connectivity index is 0.754. The van der Waals surface area contributed by atoms with E-state index in [1.54, 1.807) is 22.7 Å². The van der Waals surface area contributed by atoms with Gasteiger partial charge in [0.2, 0.25) is 11.8 Å². The van der Waals surface area contributed by atoms with Gasteiger partial charge in [0.1, 0.15) is 0 Å². The van der Waals surface area contributed by atoms with E-state index < -0.39 is 0 Å². The topological polar surface area (TPSA) is 84.0 Å². The van der Waals surface area contributed by atoms with Crippen molar-refractivity contribution < 1.29 is 9.59 Å². The summed E-state index contributed by atoms with van der Waals surface area (Å²) in [6, 6.07) is 17.5. The Morgan fingerprint density at radius 1 is 0.591 bits per heavy atom. The molecule has 0 unspecified atom stereocenters. The lowest BCUT2D eigenvalue weighted by atomic mass is 10.0. The largest absolute Gasteiger partial charge is 0.302 e. The summed E-state index contributed by atoms with van der Waals surface area (Å²) in [5, 5.41) is 12.6. The van der Waals surface area contributed by atoms with Crippen molar-refractivity contribution in [3.05, 3.63) is 70.8 Å². The van der Waals surface area contributed by atoms with Crippen molar-refractivity contribution in [3.63, 3.8) is 0 Å². The van der Waals surface area contributed by atoms with Gasteiger partial charge in [-0.1, -0.05) is 84.8 Å². The van der Waals surface area contributed by atoms with E-state index >= 15 is 0 Å². The Kier molecular flexibility index (Phi) is 7.27. The van der Waals surface area contributed by atoms with Gasteiger partial charge in [-0.25, -0.2) is 9.97 Å². The van der Waals surface area contributed by atoms with Crippen LogP contribution >= 0.6 is 22.7 Å². The number of carbonyl (C=O) groups is 2. The number of thiazole rings is 2. The maximum Gasteiger partial charge on any atom is 0.226 e. The van der Waals surface area contributed by atoms with Crippen LogP contribution in [0.3, 0.4) is 0 Å². The molecule has 0 saturated heterocycles. The minimum Gasteiger partial charge on any atom is -0.302 e. The zero-order chi connectivity index (χ0) is 29.6. The number of rotatable bonds is 11. The fourth-order valence-corrected chi connectivity index (χ4v) is 9.09. The number of amides is 2. The summed E-state index contributed by atoms with van der Waals surface area (Å²) in [5.41, 5.74) is 7.63. The molecule has 222 valence electrons. The number of anilines is 2. The van der Waals surface area contributed by atoms with E-state index in [0.29, 0.717) is 23.1 Å². The molecule has 2 N–H and O–H groups in total. The predicted octanol–water partition coefficient (Wildman–Crippen LogP) is 9.11. The first kappa shape index (κ1) is 27.7. The third kappa shape index (κ3) is 5.14. The van der Waals surface area contributed by atoms with Gasteiger partial charge in [-0.05, 0) is 83.7 Å². The van der Waals surface area contributed by atoms with Crippen molar-refractivity contribution in [1.82, 2.24) is 9.97 Å². The van der Waals surface area contributed by atoms with E-state index in [2.05, 4.69) is 59.2 Å². The molecule has 6 nitrogen and oxygen atoms in total. The number of benzene rings is 4. The summed E-state index contributed by atoms with van der Waals surface area (Å²) in [5.74, 6) is 0.0735. The molecule has 8 rings (SSSR count). The highest BCUT2D eigenvalue weighted by Crippen LogP contribution is 2.40. The van der Waals surface area contributed by atoms with Crippen LogP contribution in [0.2, 0.25) is 0 Å². The Morgan fingerprint density at radius 2 is 1.02 bits per heavy atom. The maximum atomic E-state index is 12.6. The number of nitrogens with one attached hydrogen (secondary N) is 2. The standard InChI is InChI=1S/C36H34N4O2S2/c41-29(37-35-39-33-25-11-7-9-21-15-17-23(31(21)25)19-27(33)43-35)13-5-3-1-2-4-6-14-30(42)38-36-40-34-26-12-8-10-22-16-18-24(32(22)26)20-28(34)44-36/h7-12,19-20H,1-6,13-18H2,(H,37,39,41)(H,38,40,42). The van der Waals surface area contributed by atoms with Crippen molar-refractivity contribution in [1.29, 1.82) is 0 Å². The van der Waals surface area contributed by atoms with Gasteiger partial charge < -0.3 is 10.6 Å². The van der Waals surface area contributed by atoms with Crippen LogP contribution in [0.15, 0.2) is 48.5 Å². The molecular weight excluding hydrogens is 585 g/mol. The molecule has 2 aliphatic carbocycles. The molecule has 0 fully saturated rings. The lowest BCUT2D eigenvalue weighted by molar-refractivity contribution is -0.117. The van der Waals surface area contributed by atoms with Gasteiger partial charge in [0.15, 0.2) is 10.3 Å². The monoisotopic (exact) mass is 618 g/mol. The van der Waals surface area contributed by atoms with Crippen molar-refractivity contribution in [2.45, 2.75) is 77.0 Å². The molecule has 0 atom stereocenters. The molecule has 0 radical (unpaired) electrons. The summed E-state index contributed by atoms with van der Waals surface area (Å²) < 4.78 is 2.30. The van der Waals surface area contributed by atoms with E-state index in [1.165, 1.54) is 43.8 Å². The van der Waals surface area contributed by atoms with Crippen LogP contribution in [0.5, 0.6) is 0 Å². The van der Waals surface area contributed by atoms with Gasteiger partial charge in [0.25, 0.3) is 0 Å². The van der Waals surface area contributed by atoms with Crippen LogP contribution < -0.4 is 10.6 Å². The van der Waals surface area contributed by atoms with Gasteiger partial charge in [0.05, 0.1) is 20.4 Å². The zero-order valence-electron chi connectivity index (χ0n) is 24.6. The number of fused-ring (bicyclic) bond motifs is 4. The summed E-state index contributed by atoms with van der Waals surface area (Å²) in [4.78, 5) is 34.8. The number of aromatic nitrogens is 2. The Labute approximate surface area is 263 Å². The molecule has 0 spiro atoms. The third-order valence-electron chi connectivity index (χ3n) is 9.25. The third-order valence-corrected chi connectivity index (χ3v) is 11.1. The van der Waals surface area contributed by atoms with Crippen LogP contribution in [0.1, 0.15) is 73.6 Å². The summed E-state index contributed by atoms with van der Waals surface area (Å²) in [6.45, 7) is 0. The van der Waals surface area contributed by atoms with E-state index in [9.17, 15) is 9.59 Å².